The van der Waals surface area contributed by atoms with E-state index >= 15 is 0 Å². The third-order valence-electron chi connectivity index (χ3n) is 6.37. The molecule has 1 fully saturated rings. The number of carbonyl (C=O) groups excluding carboxylic acids is 3. The molecule has 2 aliphatic heterocycles. The molecule has 2 aliphatic rings. The van der Waals surface area contributed by atoms with Crippen molar-refractivity contribution in [3.63, 3.8) is 0 Å². The van der Waals surface area contributed by atoms with Crippen molar-refractivity contribution in [1.29, 1.82) is 0 Å². The first-order valence-corrected chi connectivity index (χ1v) is 14.4. The Balaban J connectivity index is 1.40. The molecule has 3 N–H and O–H groups in total. The molecule has 3 amide bonds. The van der Waals surface area contributed by atoms with Gasteiger partial charge in [-0.1, -0.05) is 17.7 Å². The maximum Gasteiger partial charge on any atom is 0.410 e. The van der Waals surface area contributed by atoms with Gasteiger partial charge in [-0.05, 0) is 57.3 Å². The summed E-state index contributed by atoms with van der Waals surface area (Å²) in [4.78, 5) is 44.7. The molecular formula is C28H34ClN5O6S. The fourth-order valence-corrected chi connectivity index (χ4v) is 5.28. The van der Waals surface area contributed by atoms with E-state index in [1.165, 1.54) is 7.11 Å². The minimum atomic E-state index is -0.568. The van der Waals surface area contributed by atoms with Crippen LogP contribution in [-0.4, -0.2) is 66.2 Å². The summed E-state index contributed by atoms with van der Waals surface area (Å²) >= 11 is 7.19. The highest BCUT2D eigenvalue weighted by molar-refractivity contribution is 7.98. The van der Waals surface area contributed by atoms with E-state index in [0.717, 1.165) is 23.9 Å². The standard InChI is InChI=1S/C28H34ClN5O6S/c1-28(2,3)40-27(37)34-13-10-18(34)16-39-21-15-30-11-8-17(21)14-32-20-9-12-31-25(35)23(20)26(36)33-41-22-7-5-6-19(29)24(22)38-4/h5-8,11,15,18,32H,9-10,12-14,16H2,1-4H3,(H,31,35)(H,33,36)/t18-/m0/s1. The van der Waals surface area contributed by atoms with Gasteiger partial charge in [-0.2, -0.15) is 0 Å². The third kappa shape index (κ3) is 7.76. The quantitative estimate of drug-likeness (QED) is 0.274. The number of halogens is 1. The fraction of sp³-hybridized carbons (Fsp3) is 0.429. The van der Waals surface area contributed by atoms with Gasteiger partial charge in [0.1, 0.15) is 23.5 Å². The lowest BCUT2D eigenvalue weighted by molar-refractivity contribution is -0.123. The monoisotopic (exact) mass is 603 g/mol. The van der Waals surface area contributed by atoms with Crippen LogP contribution >= 0.6 is 23.5 Å². The number of aromatic nitrogens is 1. The second kappa shape index (κ2) is 13.3. The van der Waals surface area contributed by atoms with E-state index in [-0.39, 0.29) is 17.7 Å². The maximum absolute atomic E-state index is 13.1. The molecule has 1 atom stereocenters. The number of rotatable bonds is 10. The number of methoxy groups -OCH3 is 1. The Morgan fingerprint density at radius 3 is 2.78 bits per heavy atom. The van der Waals surface area contributed by atoms with Gasteiger partial charge < -0.3 is 29.7 Å². The van der Waals surface area contributed by atoms with E-state index < -0.39 is 17.4 Å². The molecule has 0 unspecified atom stereocenters. The van der Waals surface area contributed by atoms with Gasteiger partial charge in [-0.15, -0.1) is 0 Å². The minimum absolute atomic E-state index is 0.00346. The van der Waals surface area contributed by atoms with Crippen molar-refractivity contribution in [1.82, 2.24) is 25.2 Å². The average Bonchev–Trinajstić information content (AvgIpc) is 2.89. The number of nitrogens with zero attached hydrogens (tertiary/aromatic N) is 2. The summed E-state index contributed by atoms with van der Waals surface area (Å²) in [6, 6.07) is 6.89. The molecule has 0 spiro atoms. The van der Waals surface area contributed by atoms with Crippen LogP contribution in [-0.2, 0) is 20.9 Å². The lowest BCUT2D eigenvalue weighted by Crippen LogP contribution is -2.55. The van der Waals surface area contributed by atoms with Crippen molar-refractivity contribution in [3.8, 4) is 11.5 Å². The number of nitrogens with one attached hydrogen (secondary N) is 3. The van der Waals surface area contributed by atoms with Crippen LogP contribution in [0.2, 0.25) is 5.02 Å². The second-order valence-electron chi connectivity index (χ2n) is 10.4. The minimum Gasteiger partial charge on any atom is -0.494 e. The molecule has 41 heavy (non-hydrogen) atoms. The van der Waals surface area contributed by atoms with Crippen LogP contribution in [0.25, 0.3) is 0 Å². The van der Waals surface area contributed by atoms with Crippen LogP contribution in [0, 0.1) is 0 Å². The Labute approximate surface area is 248 Å². The van der Waals surface area contributed by atoms with E-state index in [2.05, 4.69) is 20.3 Å². The zero-order valence-corrected chi connectivity index (χ0v) is 25.0. The summed E-state index contributed by atoms with van der Waals surface area (Å²) in [5.74, 6) is -0.0313. The van der Waals surface area contributed by atoms with Gasteiger partial charge in [0.05, 0.1) is 29.3 Å². The summed E-state index contributed by atoms with van der Waals surface area (Å²) in [5.41, 5.74) is 0.743. The van der Waals surface area contributed by atoms with Gasteiger partial charge in [-0.25, -0.2) is 4.79 Å². The number of likely N-dealkylation sites (tertiary alicyclic amines) is 1. The predicted molar refractivity (Wildman–Crippen MR) is 155 cm³/mol. The normalized spacial score (nSPS) is 16.9. The molecule has 11 nitrogen and oxygen atoms in total. The first kappa shape index (κ1) is 30.3. The Kier molecular flexibility index (Phi) is 9.87. The van der Waals surface area contributed by atoms with Gasteiger partial charge >= 0.3 is 6.09 Å². The maximum atomic E-state index is 13.1. The van der Waals surface area contributed by atoms with Gasteiger partial charge in [0.2, 0.25) is 0 Å². The molecule has 1 aromatic carbocycles. The van der Waals surface area contributed by atoms with Gasteiger partial charge in [0.15, 0.2) is 5.75 Å². The van der Waals surface area contributed by atoms with Crippen molar-refractivity contribution >= 4 is 41.5 Å². The van der Waals surface area contributed by atoms with Crippen LogP contribution in [0.15, 0.2) is 52.8 Å². The van der Waals surface area contributed by atoms with Crippen molar-refractivity contribution in [2.24, 2.45) is 0 Å². The Morgan fingerprint density at radius 1 is 1.27 bits per heavy atom. The van der Waals surface area contributed by atoms with Gasteiger partial charge in [0, 0.05) is 43.5 Å². The lowest BCUT2D eigenvalue weighted by atomic mass is 10.1. The topological polar surface area (TPSA) is 131 Å². The number of hydrogen-bond acceptors (Lipinski definition) is 9. The van der Waals surface area contributed by atoms with E-state index in [4.69, 9.17) is 25.8 Å². The fourth-order valence-electron chi connectivity index (χ4n) is 4.24. The van der Waals surface area contributed by atoms with E-state index in [9.17, 15) is 14.4 Å². The molecule has 3 heterocycles. The van der Waals surface area contributed by atoms with Crippen LogP contribution in [0.3, 0.4) is 0 Å². The van der Waals surface area contributed by atoms with Crippen molar-refractivity contribution in [3.05, 3.63) is 58.5 Å². The highest BCUT2D eigenvalue weighted by Gasteiger charge is 2.36. The second-order valence-corrected chi connectivity index (χ2v) is 11.7. The van der Waals surface area contributed by atoms with E-state index in [1.807, 2.05) is 20.8 Å². The summed E-state index contributed by atoms with van der Waals surface area (Å²) in [6.07, 6.45) is 4.16. The molecule has 13 heteroatoms. The largest absolute Gasteiger partial charge is 0.494 e. The Morgan fingerprint density at radius 2 is 2.07 bits per heavy atom. The molecule has 1 saturated heterocycles. The highest BCUT2D eigenvalue weighted by atomic mass is 35.5. The molecule has 2 aromatic rings. The number of carbonyl (C=O) groups is 3. The number of pyridine rings is 1. The molecule has 0 aliphatic carbocycles. The van der Waals surface area contributed by atoms with Crippen LogP contribution in [0.5, 0.6) is 11.5 Å². The molecular weight excluding hydrogens is 570 g/mol. The van der Waals surface area contributed by atoms with E-state index in [0.29, 0.717) is 59.8 Å². The van der Waals surface area contributed by atoms with E-state index in [1.54, 1.807) is 41.6 Å². The number of hydrogen-bond donors (Lipinski definition) is 3. The Hall–Kier alpha value is -3.64. The number of benzene rings is 1. The zero-order valence-electron chi connectivity index (χ0n) is 23.4. The first-order chi connectivity index (χ1) is 19.6. The molecule has 0 bridgehead atoms. The van der Waals surface area contributed by atoms with Crippen LogP contribution in [0.1, 0.15) is 39.2 Å². The van der Waals surface area contributed by atoms with Crippen molar-refractivity contribution in [2.75, 3.05) is 26.8 Å². The average molecular weight is 604 g/mol. The summed E-state index contributed by atoms with van der Waals surface area (Å²) in [5, 5.41) is 6.39. The predicted octanol–water partition coefficient (Wildman–Crippen LogP) is 3.82. The lowest BCUT2D eigenvalue weighted by Gasteiger charge is -2.41. The van der Waals surface area contributed by atoms with Crippen molar-refractivity contribution in [2.45, 2.75) is 56.7 Å². The first-order valence-electron chi connectivity index (χ1n) is 13.2. The van der Waals surface area contributed by atoms with Crippen LogP contribution < -0.4 is 24.8 Å². The number of ether oxygens (including phenoxy) is 3. The molecule has 0 radical (unpaired) electrons. The zero-order chi connectivity index (χ0) is 29.6. The summed E-state index contributed by atoms with van der Waals surface area (Å²) in [6.45, 7) is 7.11. The molecule has 220 valence electrons. The Bertz CT molecular complexity index is 1330. The molecule has 1 aromatic heterocycles. The summed E-state index contributed by atoms with van der Waals surface area (Å²) < 4.78 is 19.6. The number of para-hydroxylation sites is 1. The van der Waals surface area contributed by atoms with Gasteiger partial charge in [0.25, 0.3) is 11.8 Å². The highest BCUT2D eigenvalue weighted by Crippen LogP contribution is 2.34. The molecule has 0 saturated carbocycles. The third-order valence-corrected chi connectivity index (χ3v) is 7.50. The van der Waals surface area contributed by atoms with Gasteiger partial charge in [-0.3, -0.25) is 19.3 Å². The molecule has 4 rings (SSSR count). The smallest absolute Gasteiger partial charge is 0.410 e. The summed E-state index contributed by atoms with van der Waals surface area (Å²) in [7, 11) is 1.49. The van der Waals surface area contributed by atoms with Crippen molar-refractivity contribution < 1.29 is 28.6 Å². The number of amides is 3. The SMILES string of the molecule is COc1c(Cl)cccc1SNC(=O)C1=C(NCc2ccncc2OC[C@@H]2CCN2C(=O)OC(C)(C)C)CCNC1=O. The van der Waals surface area contributed by atoms with Crippen LogP contribution in [0.4, 0.5) is 4.79 Å².